The number of pyridine rings is 1. The van der Waals surface area contributed by atoms with Crippen LogP contribution in [0.25, 0.3) is 6.08 Å². The minimum Gasteiger partial charge on any atom is -0.478 e. The van der Waals surface area contributed by atoms with Gasteiger partial charge in [0, 0.05) is 22.7 Å². The van der Waals surface area contributed by atoms with Gasteiger partial charge in [0.25, 0.3) is 0 Å². The van der Waals surface area contributed by atoms with Gasteiger partial charge in [-0.15, -0.1) is 11.8 Å². The van der Waals surface area contributed by atoms with E-state index in [1.165, 1.54) is 30.5 Å². The van der Waals surface area contributed by atoms with E-state index in [0.717, 1.165) is 48.2 Å². The van der Waals surface area contributed by atoms with Crippen molar-refractivity contribution in [3.63, 3.8) is 0 Å². The molecule has 0 aliphatic carbocycles. The van der Waals surface area contributed by atoms with E-state index in [1.807, 2.05) is 0 Å². The molecule has 0 spiro atoms. The molecule has 0 bridgehead atoms. The molecule has 0 aliphatic heterocycles. The molecule has 0 saturated carbocycles. The third kappa shape index (κ3) is 5.86. The van der Waals surface area contributed by atoms with Gasteiger partial charge in [0.15, 0.2) is 0 Å². The molecule has 3 aromatic rings. The summed E-state index contributed by atoms with van der Waals surface area (Å²) in [5.74, 6) is -2.67. The summed E-state index contributed by atoms with van der Waals surface area (Å²) >= 11 is 7.22. The lowest BCUT2D eigenvalue weighted by atomic mass is 10.0. The molecule has 0 amide bonds. The molecule has 2 aromatic carbocycles. The van der Waals surface area contributed by atoms with Crippen LogP contribution in [0.4, 0.5) is 22.0 Å². The maximum absolute atomic E-state index is 14.6. The van der Waals surface area contributed by atoms with Crippen LogP contribution in [-0.2, 0) is 11.0 Å². The van der Waals surface area contributed by atoms with Crippen LogP contribution in [0.3, 0.4) is 0 Å². The Morgan fingerprint density at radius 1 is 1.06 bits per heavy atom. The second-order valence-electron chi connectivity index (χ2n) is 6.49. The largest absolute Gasteiger partial charge is 0.478 e. The normalized spacial score (nSPS) is 12.8. The standard InChI is InChI=1S/C22H13ClF5NO2S/c23-18-11-29-14(4-8-20(30)31)10-16(18)21(17-9-13(24)3-7-19(17)25)32-15-5-1-12(2-6-15)22(26,27)28/h1-11,21H,(H,30,31). The van der Waals surface area contributed by atoms with Crippen molar-refractivity contribution < 1.29 is 31.9 Å². The molecule has 10 heteroatoms. The first-order valence-electron chi connectivity index (χ1n) is 8.90. The van der Waals surface area contributed by atoms with Crippen LogP contribution in [0.15, 0.2) is 65.7 Å². The summed E-state index contributed by atoms with van der Waals surface area (Å²) in [4.78, 5) is 15.1. The Kier molecular flexibility index (Phi) is 7.20. The maximum Gasteiger partial charge on any atom is 0.416 e. The highest BCUT2D eigenvalue weighted by molar-refractivity contribution is 7.99. The predicted molar refractivity (Wildman–Crippen MR) is 111 cm³/mol. The highest BCUT2D eigenvalue weighted by Gasteiger charge is 2.30. The molecule has 0 fully saturated rings. The van der Waals surface area contributed by atoms with Gasteiger partial charge in [-0.2, -0.15) is 13.2 Å². The lowest BCUT2D eigenvalue weighted by Gasteiger charge is -2.20. The first-order chi connectivity index (χ1) is 15.0. The number of hydrogen-bond acceptors (Lipinski definition) is 3. The number of thioether (sulfide) groups is 1. The Bertz CT molecular complexity index is 1170. The highest BCUT2D eigenvalue weighted by Crippen LogP contribution is 2.44. The Morgan fingerprint density at radius 3 is 2.38 bits per heavy atom. The quantitative estimate of drug-likeness (QED) is 0.232. The zero-order valence-electron chi connectivity index (χ0n) is 15.9. The molecule has 1 heterocycles. The van der Waals surface area contributed by atoms with Crippen LogP contribution >= 0.6 is 23.4 Å². The van der Waals surface area contributed by atoms with Gasteiger partial charge in [0.05, 0.1) is 21.5 Å². The van der Waals surface area contributed by atoms with Crippen molar-refractivity contribution in [2.24, 2.45) is 0 Å². The van der Waals surface area contributed by atoms with Crippen molar-refractivity contribution in [2.75, 3.05) is 0 Å². The van der Waals surface area contributed by atoms with Crippen molar-refractivity contribution in [1.29, 1.82) is 0 Å². The van der Waals surface area contributed by atoms with Crippen LogP contribution in [0.5, 0.6) is 0 Å². The summed E-state index contributed by atoms with van der Waals surface area (Å²) in [6, 6.07) is 8.47. The Balaban J connectivity index is 2.09. The van der Waals surface area contributed by atoms with Crippen LogP contribution in [-0.4, -0.2) is 16.1 Å². The van der Waals surface area contributed by atoms with E-state index in [9.17, 15) is 26.7 Å². The lowest BCUT2D eigenvalue weighted by molar-refractivity contribution is -0.137. The Morgan fingerprint density at radius 2 is 1.75 bits per heavy atom. The number of halogens is 6. The fourth-order valence-corrected chi connectivity index (χ4v) is 4.26. The minimum absolute atomic E-state index is 0.0869. The molecule has 1 N–H and O–H groups in total. The number of aromatic nitrogens is 1. The molecule has 3 nitrogen and oxygen atoms in total. The third-order valence-corrected chi connectivity index (χ3v) is 5.87. The van der Waals surface area contributed by atoms with E-state index < -0.39 is 34.6 Å². The number of nitrogens with zero attached hydrogens (tertiary/aromatic N) is 1. The number of alkyl halides is 3. The highest BCUT2D eigenvalue weighted by atomic mass is 35.5. The van der Waals surface area contributed by atoms with Crippen LogP contribution in [0, 0.1) is 11.6 Å². The second-order valence-corrected chi connectivity index (χ2v) is 8.07. The average Bonchev–Trinajstić information content (AvgIpc) is 2.73. The molecule has 166 valence electrons. The van der Waals surface area contributed by atoms with E-state index in [4.69, 9.17) is 16.7 Å². The summed E-state index contributed by atoms with van der Waals surface area (Å²) in [7, 11) is 0. The summed E-state index contributed by atoms with van der Waals surface area (Å²) < 4.78 is 67.1. The van der Waals surface area contributed by atoms with Crippen molar-refractivity contribution in [1.82, 2.24) is 4.98 Å². The topological polar surface area (TPSA) is 50.2 Å². The Labute approximate surface area is 188 Å². The molecule has 1 unspecified atom stereocenters. The summed E-state index contributed by atoms with van der Waals surface area (Å²) in [5, 5.41) is 7.94. The maximum atomic E-state index is 14.6. The van der Waals surface area contributed by atoms with E-state index in [2.05, 4.69) is 4.98 Å². The number of carboxylic acid groups (broad SMARTS) is 1. The molecular weight excluding hydrogens is 473 g/mol. The predicted octanol–water partition coefficient (Wildman–Crippen LogP) is 7.01. The van der Waals surface area contributed by atoms with Crippen molar-refractivity contribution in [3.05, 3.63) is 99.8 Å². The Hall–Kier alpha value is -2.91. The molecule has 0 radical (unpaired) electrons. The van der Waals surface area contributed by atoms with Gasteiger partial charge in [0.1, 0.15) is 11.6 Å². The van der Waals surface area contributed by atoms with E-state index >= 15 is 0 Å². The van der Waals surface area contributed by atoms with Gasteiger partial charge in [-0.05, 0) is 60.2 Å². The van der Waals surface area contributed by atoms with Gasteiger partial charge in [-0.3, -0.25) is 4.98 Å². The number of aliphatic carboxylic acids is 1. The summed E-state index contributed by atoms with van der Waals surface area (Å²) in [5.41, 5.74) is -0.461. The van der Waals surface area contributed by atoms with E-state index in [0.29, 0.717) is 4.90 Å². The average molecular weight is 486 g/mol. The second kappa shape index (κ2) is 9.70. The third-order valence-electron chi connectivity index (χ3n) is 4.26. The molecular formula is C22H13ClF5NO2S. The number of carboxylic acids is 1. The number of rotatable bonds is 6. The molecule has 1 aromatic heterocycles. The van der Waals surface area contributed by atoms with Gasteiger partial charge >= 0.3 is 12.1 Å². The van der Waals surface area contributed by atoms with Crippen LogP contribution in [0.2, 0.25) is 5.02 Å². The SMILES string of the molecule is O=C(O)C=Cc1cc(C(Sc2ccc(C(F)(F)F)cc2)c2cc(F)ccc2F)c(Cl)cn1. The fourth-order valence-electron chi connectivity index (χ4n) is 2.79. The lowest BCUT2D eigenvalue weighted by Crippen LogP contribution is -2.05. The number of benzene rings is 2. The van der Waals surface area contributed by atoms with Crippen LogP contribution < -0.4 is 0 Å². The van der Waals surface area contributed by atoms with E-state index in [-0.39, 0.29) is 21.8 Å². The molecule has 32 heavy (non-hydrogen) atoms. The van der Waals surface area contributed by atoms with Gasteiger partial charge in [-0.1, -0.05) is 11.6 Å². The van der Waals surface area contributed by atoms with Gasteiger partial charge in [0.2, 0.25) is 0 Å². The van der Waals surface area contributed by atoms with Gasteiger partial charge in [-0.25, -0.2) is 13.6 Å². The fraction of sp³-hybridized carbons (Fsp3) is 0.0909. The summed E-state index contributed by atoms with van der Waals surface area (Å²) in [6.07, 6.45) is -1.24. The zero-order valence-corrected chi connectivity index (χ0v) is 17.5. The first-order valence-corrected chi connectivity index (χ1v) is 10.2. The number of hydrogen-bond donors (Lipinski definition) is 1. The van der Waals surface area contributed by atoms with Crippen molar-refractivity contribution in [3.8, 4) is 0 Å². The first kappa shape index (κ1) is 23.7. The van der Waals surface area contributed by atoms with Crippen LogP contribution in [0.1, 0.15) is 27.6 Å². The minimum atomic E-state index is -4.52. The molecule has 1 atom stereocenters. The van der Waals surface area contributed by atoms with E-state index in [1.54, 1.807) is 0 Å². The molecule has 0 aliphatic rings. The number of carbonyl (C=O) groups is 1. The van der Waals surface area contributed by atoms with Gasteiger partial charge < -0.3 is 5.11 Å². The van der Waals surface area contributed by atoms with Crippen molar-refractivity contribution in [2.45, 2.75) is 16.3 Å². The smallest absolute Gasteiger partial charge is 0.416 e. The molecule has 0 saturated heterocycles. The van der Waals surface area contributed by atoms with Crippen molar-refractivity contribution >= 4 is 35.4 Å². The molecule has 3 rings (SSSR count). The zero-order chi connectivity index (χ0) is 23.5. The monoisotopic (exact) mass is 485 g/mol. The summed E-state index contributed by atoms with van der Waals surface area (Å²) in [6.45, 7) is 0.